The third kappa shape index (κ3) is 4.21. The van der Waals surface area contributed by atoms with Gasteiger partial charge in [-0.25, -0.2) is 4.98 Å². The van der Waals surface area contributed by atoms with Crippen LogP contribution in [0.15, 0.2) is 36.8 Å². The number of ether oxygens (including phenoxy) is 1. The van der Waals surface area contributed by atoms with Crippen LogP contribution >= 0.6 is 11.6 Å². The molecule has 0 aliphatic heterocycles. The van der Waals surface area contributed by atoms with Crippen LogP contribution in [0.25, 0.3) is 0 Å². The first kappa shape index (κ1) is 12.1. The summed E-state index contributed by atoms with van der Waals surface area (Å²) in [5.41, 5.74) is 2.23. The van der Waals surface area contributed by atoms with E-state index >= 15 is 0 Å². The average Bonchev–Trinajstić information content (AvgIpc) is 2.84. The zero-order chi connectivity index (χ0) is 11.9. The molecule has 2 rings (SSSR count). The Morgan fingerprint density at radius 3 is 2.76 bits per heavy atom. The van der Waals surface area contributed by atoms with Gasteiger partial charge in [-0.05, 0) is 30.5 Å². The minimum atomic E-state index is 0.637. The molecule has 1 N–H and O–H groups in total. The summed E-state index contributed by atoms with van der Waals surface area (Å²) in [6.45, 7) is 1.38. The maximum atomic E-state index is 5.80. The molecule has 0 radical (unpaired) electrons. The van der Waals surface area contributed by atoms with E-state index < -0.39 is 0 Å². The predicted octanol–water partition coefficient (Wildman–Crippen LogP) is 3.21. The maximum absolute atomic E-state index is 5.80. The Labute approximate surface area is 106 Å². The van der Waals surface area contributed by atoms with E-state index in [1.165, 1.54) is 0 Å². The Morgan fingerprint density at radius 1 is 1.24 bits per heavy atom. The van der Waals surface area contributed by atoms with E-state index in [-0.39, 0.29) is 0 Å². The number of nitrogens with zero attached hydrogens (tertiary/aromatic N) is 1. The van der Waals surface area contributed by atoms with Crippen LogP contribution in [0, 0.1) is 0 Å². The van der Waals surface area contributed by atoms with Crippen molar-refractivity contribution in [1.29, 1.82) is 0 Å². The fraction of sp³-hybridized carbons (Fsp3) is 0.308. The lowest BCUT2D eigenvalue weighted by molar-refractivity contribution is 0.118. The van der Waals surface area contributed by atoms with Gasteiger partial charge >= 0.3 is 0 Å². The minimum absolute atomic E-state index is 0.637. The first-order valence-electron chi connectivity index (χ1n) is 5.64. The molecule has 0 saturated carbocycles. The molecule has 17 heavy (non-hydrogen) atoms. The minimum Gasteiger partial charge on any atom is -0.377 e. The summed E-state index contributed by atoms with van der Waals surface area (Å²) in [5, 5.41) is 0.757. The number of rotatable bonds is 6. The molecule has 1 aromatic heterocycles. The van der Waals surface area contributed by atoms with Crippen LogP contribution in [-0.4, -0.2) is 16.6 Å². The zero-order valence-corrected chi connectivity index (χ0v) is 10.3. The zero-order valence-electron chi connectivity index (χ0n) is 9.53. The fourth-order valence-electron chi connectivity index (χ4n) is 1.55. The van der Waals surface area contributed by atoms with Crippen LogP contribution in [0.5, 0.6) is 0 Å². The topological polar surface area (TPSA) is 37.9 Å². The van der Waals surface area contributed by atoms with Gasteiger partial charge in [-0.3, -0.25) is 0 Å². The highest BCUT2D eigenvalue weighted by Gasteiger charge is 1.96. The summed E-state index contributed by atoms with van der Waals surface area (Å²) < 4.78 is 5.58. The largest absolute Gasteiger partial charge is 0.377 e. The number of aryl methyl sites for hydroxylation is 1. The van der Waals surface area contributed by atoms with E-state index in [0.717, 1.165) is 35.7 Å². The molecule has 0 saturated heterocycles. The summed E-state index contributed by atoms with van der Waals surface area (Å²) >= 11 is 5.80. The molecular formula is C13H15ClN2O. The number of aromatic nitrogens is 2. The molecule has 0 bridgehead atoms. The van der Waals surface area contributed by atoms with Crippen molar-refractivity contribution in [3.8, 4) is 0 Å². The van der Waals surface area contributed by atoms with Crippen LogP contribution in [0.4, 0.5) is 0 Å². The van der Waals surface area contributed by atoms with Crippen molar-refractivity contribution in [3.63, 3.8) is 0 Å². The number of halogens is 1. The summed E-state index contributed by atoms with van der Waals surface area (Å²) in [5.74, 6) is 0. The molecule has 1 aromatic carbocycles. The molecule has 90 valence electrons. The van der Waals surface area contributed by atoms with Crippen molar-refractivity contribution in [1.82, 2.24) is 9.97 Å². The van der Waals surface area contributed by atoms with E-state index in [9.17, 15) is 0 Å². The monoisotopic (exact) mass is 250 g/mol. The van der Waals surface area contributed by atoms with Crippen LogP contribution in [0.3, 0.4) is 0 Å². The molecule has 0 atom stereocenters. The number of benzene rings is 1. The van der Waals surface area contributed by atoms with E-state index in [1.807, 2.05) is 30.5 Å². The first-order chi connectivity index (χ1) is 8.34. The maximum Gasteiger partial charge on any atom is 0.0923 e. The van der Waals surface area contributed by atoms with Crippen molar-refractivity contribution in [2.45, 2.75) is 19.4 Å². The Bertz CT molecular complexity index is 425. The number of hydrogen-bond donors (Lipinski definition) is 1. The summed E-state index contributed by atoms with van der Waals surface area (Å²) in [6, 6.07) is 7.72. The summed E-state index contributed by atoms with van der Waals surface area (Å²) in [7, 11) is 0. The Hall–Kier alpha value is -1.32. The quantitative estimate of drug-likeness (QED) is 0.800. The lowest BCUT2D eigenvalue weighted by Crippen LogP contribution is -1.97. The Balaban J connectivity index is 1.61. The van der Waals surface area contributed by atoms with Crippen LogP contribution < -0.4 is 0 Å². The first-order valence-corrected chi connectivity index (χ1v) is 6.02. The molecule has 1 heterocycles. The van der Waals surface area contributed by atoms with Crippen LogP contribution in [0.2, 0.25) is 5.02 Å². The van der Waals surface area contributed by atoms with Crippen molar-refractivity contribution < 1.29 is 4.74 Å². The average molecular weight is 251 g/mol. The highest BCUT2D eigenvalue weighted by molar-refractivity contribution is 6.30. The third-order valence-electron chi connectivity index (χ3n) is 2.46. The van der Waals surface area contributed by atoms with Gasteiger partial charge in [0, 0.05) is 17.8 Å². The van der Waals surface area contributed by atoms with Gasteiger partial charge in [-0.15, -0.1) is 0 Å². The number of nitrogens with one attached hydrogen (secondary N) is 1. The van der Waals surface area contributed by atoms with Crippen molar-refractivity contribution >= 4 is 11.6 Å². The molecule has 0 fully saturated rings. The van der Waals surface area contributed by atoms with Gasteiger partial charge in [-0.1, -0.05) is 23.7 Å². The van der Waals surface area contributed by atoms with Gasteiger partial charge in [0.05, 0.1) is 18.6 Å². The lowest BCUT2D eigenvalue weighted by atomic mass is 10.2. The van der Waals surface area contributed by atoms with Crippen molar-refractivity contribution in [3.05, 3.63) is 53.1 Å². The van der Waals surface area contributed by atoms with E-state index in [2.05, 4.69) is 9.97 Å². The Morgan fingerprint density at radius 2 is 2.06 bits per heavy atom. The SMILES string of the molecule is Clc1ccc(COCCCc2c[nH]cn2)cc1. The smallest absolute Gasteiger partial charge is 0.0923 e. The lowest BCUT2D eigenvalue weighted by Gasteiger charge is -2.03. The second-order valence-corrected chi connectivity index (χ2v) is 4.28. The van der Waals surface area contributed by atoms with E-state index in [0.29, 0.717) is 6.61 Å². The predicted molar refractivity (Wildman–Crippen MR) is 68.0 cm³/mol. The number of hydrogen-bond acceptors (Lipinski definition) is 2. The number of aromatic amines is 1. The van der Waals surface area contributed by atoms with Gasteiger partial charge in [0.1, 0.15) is 0 Å². The van der Waals surface area contributed by atoms with Gasteiger partial charge < -0.3 is 9.72 Å². The second kappa shape index (κ2) is 6.42. The highest BCUT2D eigenvalue weighted by Crippen LogP contribution is 2.10. The molecule has 3 nitrogen and oxygen atoms in total. The van der Waals surface area contributed by atoms with E-state index in [4.69, 9.17) is 16.3 Å². The summed E-state index contributed by atoms with van der Waals surface area (Å²) in [4.78, 5) is 7.09. The normalized spacial score (nSPS) is 10.6. The van der Waals surface area contributed by atoms with Gasteiger partial charge in [0.2, 0.25) is 0 Å². The number of imidazole rings is 1. The van der Waals surface area contributed by atoms with Crippen molar-refractivity contribution in [2.75, 3.05) is 6.61 Å². The van der Waals surface area contributed by atoms with Gasteiger partial charge in [0.15, 0.2) is 0 Å². The van der Waals surface area contributed by atoms with Gasteiger partial charge in [-0.2, -0.15) is 0 Å². The molecule has 0 aliphatic rings. The molecule has 0 spiro atoms. The summed E-state index contributed by atoms with van der Waals surface area (Å²) in [6.07, 6.45) is 5.55. The van der Waals surface area contributed by atoms with Crippen LogP contribution in [0.1, 0.15) is 17.7 Å². The Kier molecular flexibility index (Phi) is 4.59. The second-order valence-electron chi connectivity index (χ2n) is 3.84. The molecule has 0 unspecified atom stereocenters. The molecule has 2 aromatic rings. The standard InChI is InChI=1S/C13H15ClN2O/c14-12-5-3-11(4-6-12)9-17-7-1-2-13-8-15-10-16-13/h3-6,8,10H,1-2,7,9H2,(H,15,16). The third-order valence-corrected chi connectivity index (χ3v) is 2.71. The number of H-pyrrole nitrogens is 1. The molecule has 0 aliphatic carbocycles. The van der Waals surface area contributed by atoms with Crippen molar-refractivity contribution in [2.24, 2.45) is 0 Å². The van der Waals surface area contributed by atoms with E-state index in [1.54, 1.807) is 6.33 Å². The van der Waals surface area contributed by atoms with Gasteiger partial charge in [0.25, 0.3) is 0 Å². The van der Waals surface area contributed by atoms with Crippen LogP contribution in [-0.2, 0) is 17.8 Å². The molecule has 4 heteroatoms. The highest BCUT2D eigenvalue weighted by atomic mass is 35.5. The molecule has 0 amide bonds. The molecular weight excluding hydrogens is 236 g/mol. The fourth-order valence-corrected chi connectivity index (χ4v) is 1.68.